The van der Waals surface area contributed by atoms with Gasteiger partial charge in [0.1, 0.15) is 0 Å². The summed E-state index contributed by atoms with van der Waals surface area (Å²) >= 11 is 0. The summed E-state index contributed by atoms with van der Waals surface area (Å²) in [6.07, 6.45) is 15.6. The first-order valence-corrected chi connectivity index (χ1v) is 15.7. The van der Waals surface area contributed by atoms with Crippen molar-refractivity contribution in [2.75, 3.05) is 57.4 Å². The van der Waals surface area contributed by atoms with Crippen LogP contribution in [0.25, 0.3) is 0 Å². The summed E-state index contributed by atoms with van der Waals surface area (Å²) in [7, 11) is -3.26. The van der Waals surface area contributed by atoms with E-state index >= 15 is 0 Å². The Balaban J connectivity index is 1.44. The molecule has 1 aliphatic heterocycles. The second-order valence-electron chi connectivity index (χ2n) is 10.2. The lowest BCUT2D eigenvalue weighted by molar-refractivity contribution is 0.0369. The van der Waals surface area contributed by atoms with E-state index in [0.717, 1.165) is 109 Å². The van der Waals surface area contributed by atoms with Crippen LogP contribution >= 0.6 is 0 Å². The molecular weight excluding hydrogens is 502 g/mol. The molecule has 0 unspecified atom stereocenters. The third-order valence-corrected chi connectivity index (χ3v) is 9.92. The van der Waals surface area contributed by atoms with E-state index in [0.29, 0.717) is 19.6 Å². The highest BCUT2D eigenvalue weighted by Gasteiger charge is 2.32. The fourth-order valence-electron chi connectivity index (χ4n) is 5.34. The first kappa shape index (κ1) is 30.3. The molecule has 2 fully saturated rings. The molecule has 0 spiro atoms. The van der Waals surface area contributed by atoms with E-state index in [1.165, 1.54) is 0 Å². The normalized spacial score (nSPS) is 17.9. The topological polar surface area (TPSA) is 128 Å². The molecule has 1 saturated heterocycles. The Morgan fingerprint density at radius 3 is 2.34 bits per heavy atom. The number of guanidine groups is 1. The summed E-state index contributed by atoms with van der Waals surface area (Å²) in [5.41, 5.74) is 6.87. The average molecular weight is 548 g/mol. The highest BCUT2D eigenvalue weighted by Crippen LogP contribution is 2.26. The van der Waals surface area contributed by atoms with Gasteiger partial charge in [0, 0.05) is 50.8 Å². The number of anilines is 1. The fourth-order valence-corrected chi connectivity index (χ4v) is 7.45. The Bertz CT molecular complexity index is 972. The highest BCUT2D eigenvalue weighted by atomic mass is 32.2. The average Bonchev–Trinajstić information content (AvgIpc) is 2.95. The molecule has 1 saturated carbocycles. The third-order valence-electron chi connectivity index (χ3n) is 7.52. The number of ether oxygens (including phenoxy) is 1. The Kier molecular flexibility index (Phi) is 13.3. The van der Waals surface area contributed by atoms with Gasteiger partial charge < -0.3 is 15.4 Å². The lowest BCUT2D eigenvalue weighted by Gasteiger charge is -2.31. The van der Waals surface area contributed by atoms with Gasteiger partial charge in [0.2, 0.25) is 22.2 Å². The second-order valence-corrected chi connectivity index (χ2v) is 12.4. The maximum Gasteiger partial charge on any atom is 0.216 e. The summed E-state index contributed by atoms with van der Waals surface area (Å²) in [6, 6.07) is 3.69. The van der Waals surface area contributed by atoms with Gasteiger partial charge in [-0.1, -0.05) is 38.5 Å². The zero-order valence-corrected chi connectivity index (χ0v) is 23.5. The lowest BCUT2D eigenvalue weighted by atomic mass is 10.0. The minimum atomic E-state index is -3.26. The van der Waals surface area contributed by atoms with Crippen molar-refractivity contribution < 1.29 is 13.2 Å². The summed E-state index contributed by atoms with van der Waals surface area (Å²) in [5, 5.41) is 8.69. The lowest BCUT2D eigenvalue weighted by Crippen LogP contribution is -2.42. The number of pyridine rings is 1. The van der Waals surface area contributed by atoms with Crippen molar-refractivity contribution in [3.8, 4) is 6.19 Å². The van der Waals surface area contributed by atoms with Gasteiger partial charge in [-0.25, -0.2) is 12.7 Å². The number of morpholine rings is 1. The Hall–Kier alpha value is -2.26. The van der Waals surface area contributed by atoms with Crippen molar-refractivity contribution in [1.29, 1.82) is 5.26 Å². The molecule has 1 aromatic heterocycles. The zero-order valence-electron chi connectivity index (χ0n) is 22.7. The van der Waals surface area contributed by atoms with E-state index in [2.05, 4.69) is 14.9 Å². The molecule has 11 heteroatoms. The molecule has 38 heavy (non-hydrogen) atoms. The highest BCUT2D eigenvalue weighted by molar-refractivity contribution is 7.89. The molecule has 2 heterocycles. The van der Waals surface area contributed by atoms with Crippen LogP contribution in [0.5, 0.6) is 0 Å². The van der Waals surface area contributed by atoms with Gasteiger partial charge in [0.15, 0.2) is 0 Å². The number of hydrogen-bond donors (Lipinski definition) is 1. The smallest absolute Gasteiger partial charge is 0.216 e. The molecule has 0 bridgehead atoms. The maximum absolute atomic E-state index is 13.5. The monoisotopic (exact) mass is 547 g/mol. The van der Waals surface area contributed by atoms with Crippen LogP contribution in [0.2, 0.25) is 0 Å². The quantitative estimate of drug-likeness (QED) is 0.153. The zero-order chi connectivity index (χ0) is 27.1. The molecule has 0 atom stereocenters. The van der Waals surface area contributed by atoms with Gasteiger partial charge in [-0.3, -0.25) is 9.88 Å². The SMILES string of the molecule is N#CN=C(N)N(CCCCCCCN(CCCN1CCOCC1)S(=O)(=O)C1CCCCC1)c1ccncc1. The van der Waals surface area contributed by atoms with Gasteiger partial charge in [-0.2, -0.15) is 5.26 Å². The van der Waals surface area contributed by atoms with Gasteiger partial charge in [-0.05, 0) is 50.8 Å². The van der Waals surface area contributed by atoms with Crippen LogP contribution in [-0.4, -0.2) is 86.3 Å². The van der Waals surface area contributed by atoms with Crippen LogP contribution < -0.4 is 10.6 Å². The first-order chi connectivity index (χ1) is 18.5. The van der Waals surface area contributed by atoms with Crippen molar-refractivity contribution in [2.45, 2.75) is 75.9 Å². The van der Waals surface area contributed by atoms with E-state index in [1.54, 1.807) is 22.9 Å². The molecule has 1 aliphatic carbocycles. The third kappa shape index (κ3) is 9.80. The Morgan fingerprint density at radius 2 is 1.66 bits per heavy atom. The van der Waals surface area contributed by atoms with Crippen LogP contribution in [0.4, 0.5) is 5.69 Å². The van der Waals surface area contributed by atoms with Crippen LogP contribution in [0, 0.1) is 11.5 Å². The summed E-state index contributed by atoms with van der Waals surface area (Å²) < 4.78 is 34.2. The molecule has 3 rings (SSSR count). The van der Waals surface area contributed by atoms with Crippen LogP contribution in [0.15, 0.2) is 29.5 Å². The number of aromatic nitrogens is 1. The van der Waals surface area contributed by atoms with E-state index in [-0.39, 0.29) is 11.2 Å². The molecule has 2 N–H and O–H groups in total. The van der Waals surface area contributed by atoms with Crippen molar-refractivity contribution in [3.05, 3.63) is 24.5 Å². The number of nitriles is 1. The molecule has 0 amide bonds. The van der Waals surface area contributed by atoms with Crippen LogP contribution in [0.3, 0.4) is 0 Å². The Morgan fingerprint density at radius 1 is 1.03 bits per heavy atom. The molecular formula is C27H45N7O3S. The number of sulfonamides is 1. The fraction of sp³-hybridized carbons (Fsp3) is 0.741. The summed E-state index contributed by atoms with van der Waals surface area (Å²) in [4.78, 5) is 11.9. The standard InChI is InChI=1S/C27H45N7O3S/c28-24-31-27(29)34(25-12-14-30-15-13-25)19-8-3-1-2-7-17-33(18-9-16-32-20-22-37-23-21-32)38(35,36)26-10-5-4-6-11-26/h12-15,26H,1-11,16-23H2,(H2,29,31). The van der Waals surface area contributed by atoms with Gasteiger partial charge >= 0.3 is 0 Å². The van der Waals surface area contributed by atoms with Crippen molar-refractivity contribution in [2.24, 2.45) is 10.7 Å². The minimum Gasteiger partial charge on any atom is -0.379 e. The van der Waals surface area contributed by atoms with Gasteiger partial charge in [0.25, 0.3) is 0 Å². The number of nitrogens with two attached hydrogens (primary N) is 1. The van der Waals surface area contributed by atoms with E-state index in [4.69, 9.17) is 15.7 Å². The molecule has 0 aromatic carbocycles. The van der Waals surface area contributed by atoms with Gasteiger partial charge in [-0.15, -0.1) is 4.99 Å². The predicted molar refractivity (Wildman–Crippen MR) is 151 cm³/mol. The van der Waals surface area contributed by atoms with Crippen molar-refractivity contribution in [3.63, 3.8) is 0 Å². The summed E-state index contributed by atoms with van der Waals surface area (Å²) in [5.74, 6) is 0.180. The number of rotatable bonds is 15. The van der Waals surface area contributed by atoms with Crippen molar-refractivity contribution >= 4 is 21.7 Å². The largest absolute Gasteiger partial charge is 0.379 e. The maximum atomic E-state index is 13.5. The Labute approximate surface area is 228 Å². The number of nitrogens with zero attached hydrogens (tertiary/aromatic N) is 6. The predicted octanol–water partition coefficient (Wildman–Crippen LogP) is 3.32. The van der Waals surface area contributed by atoms with E-state index < -0.39 is 10.0 Å². The number of unbranched alkanes of at least 4 members (excludes halogenated alkanes) is 4. The van der Waals surface area contributed by atoms with E-state index in [9.17, 15) is 8.42 Å². The molecule has 0 radical (unpaired) electrons. The molecule has 212 valence electrons. The minimum absolute atomic E-state index is 0.180. The summed E-state index contributed by atoms with van der Waals surface area (Å²) in [6.45, 7) is 6.19. The second kappa shape index (κ2) is 16.6. The molecule has 2 aliphatic rings. The number of hydrogen-bond acceptors (Lipinski definition) is 7. The van der Waals surface area contributed by atoms with Crippen molar-refractivity contribution in [1.82, 2.24) is 14.2 Å². The molecule has 10 nitrogen and oxygen atoms in total. The first-order valence-electron chi connectivity index (χ1n) is 14.2. The van der Waals surface area contributed by atoms with Crippen LogP contribution in [0.1, 0.15) is 70.6 Å². The van der Waals surface area contributed by atoms with Crippen LogP contribution in [-0.2, 0) is 14.8 Å². The van der Waals surface area contributed by atoms with Gasteiger partial charge in [0.05, 0.1) is 18.5 Å². The number of aliphatic imine (C=N–C) groups is 1. The van der Waals surface area contributed by atoms with E-state index in [1.807, 2.05) is 17.0 Å². The molecule has 1 aromatic rings.